The van der Waals surface area contributed by atoms with Crippen molar-refractivity contribution < 1.29 is 4.52 Å². The van der Waals surface area contributed by atoms with Crippen LogP contribution in [0.1, 0.15) is 32.2 Å². The van der Waals surface area contributed by atoms with Crippen molar-refractivity contribution in [1.82, 2.24) is 10.1 Å². The van der Waals surface area contributed by atoms with Crippen LogP contribution in [0.15, 0.2) is 10.6 Å². The molecule has 0 N–H and O–H groups in total. The van der Waals surface area contributed by atoms with Gasteiger partial charge in [0.1, 0.15) is 5.76 Å². The maximum Gasteiger partial charge on any atom is 0.133 e. The van der Waals surface area contributed by atoms with Crippen molar-refractivity contribution in [3.05, 3.63) is 17.5 Å². The molecule has 2 heterocycles. The van der Waals surface area contributed by atoms with E-state index in [-0.39, 0.29) is 0 Å². The van der Waals surface area contributed by atoms with Crippen LogP contribution in [-0.4, -0.2) is 23.1 Å². The molecule has 90 valence electrons. The highest BCUT2D eigenvalue weighted by molar-refractivity contribution is 5.04. The molecule has 3 heteroatoms. The van der Waals surface area contributed by atoms with Gasteiger partial charge >= 0.3 is 0 Å². The van der Waals surface area contributed by atoms with Crippen molar-refractivity contribution in [3.8, 4) is 0 Å². The fourth-order valence-corrected chi connectivity index (χ4v) is 2.34. The zero-order valence-corrected chi connectivity index (χ0v) is 10.7. The molecule has 1 saturated heterocycles. The summed E-state index contributed by atoms with van der Waals surface area (Å²) in [5.74, 6) is 3.40. The van der Waals surface area contributed by atoms with E-state index in [2.05, 4.69) is 30.8 Å². The van der Waals surface area contributed by atoms with Crippen molar-refractivity contribution >= 4 is 0 Å². The summed E-state index contributed by atoms with van der Waals surface area (Å²) in [7, 11) is 0. The Labute approximate surface area is 97.8 Å². The van der Waals surface area contributed by atoms with E-state index in [1.807, 2.05) is 13.0 Å². The zero-order chi connectivity index (χ0) is 11.7. The van der Waals surface area contributed by atoms with E-state index in [4.69, 9.17) is 4.52 Å². The average Bonchev–Trinajstić information content (AvgIpc) is 2.56. The molecule has 0 radical (unpaired) electrons. The zero-order valence-electron chi connectivity index (χ0n) is 10.7. The lowest BCUT2D eigenvalue weighted by molar-refractivity contribution is 0.0389. The van der Waals surface area contributed by atoms with Gasteiger partial charge in [0.2, 0.25) is 0 Å². The number of aromatic nitrogens is 1. The Bertz CT molecular complexity index is 339. The molecule has 1 fully saturated rings. The van der Waals surface area contributed by atoms with Crippen molar-refractivity contribution in [2.24, 2.45) is 17.8 Å². The average molecular weight is 222 g/mol. The predicted molar refractivity (Wildman–Crippen MR) is 64.0 cm³/mol. The molecular formula is C13H22N2O. The van der Waals surface area contributed by atoms with Gasteiger partial charge in [-0.3, -0.25) is 4.90 Å². The van der Waals surface area contributed by atoms with E-state index in [1.54, 1.807) is 0 Å². The van der Waals surface area contributed by atoms with Gasteiger partial charge in [-0.25, -0.2) is 0 Å². The molecule has 0 bridgehead atoms. The molecule has 0 amide bonds. The second-order valence-corrected chi connectivity index (χ2v) is 5.49. The molecular weight excluding hydrogens is 200 g/mol. The smallest absolute Gasteiger partial charge is 0.133 e. The second kappa shape index (κ2) is 4.58. The molecule has 0 saturated carbocycles. The minimum atomic E-state index is 0.793. The van der Waals surface area contributed by atoms with E-state index in [1.165, 1.54) is 13.1 Å². The van der Waals surface area contributed by atoms with Crippen molar-refractivity contribution in [2.75, 3.05) is 13.1 Å². The molecule has 1 aliphatic rings. The SMILES string of the molecule is Cc1cc(CN2CC(C(C)C(C)C)C2)no1. The highest BCUT2D eigenvalue weighted by atomic mass is 16.5. The standard InChI is InChI=1S/C13H22N2O/c1-9(2)11(4)12-6-15(7-12)8-13-5-10(3)16-14-13/h5,9,11-12H,6-8H2,1-4H3. The van der Waals surface area contributed by atoms with Crippen LogP contribution < -0.4 is 0 Å². The Hall–Kier alpha value is -0.830. The minimum Gasteiger partial charge on any atom is -0.361 e. The summed E-state index contributed by atoms with van der Waals surface area (Å²) in [5, 5.41) is 4.03. The first-order valence-electron chi connectivity index (χ1n) is 6.21. The highest BCUT2D eigenvalue weighted by Crippen LogP contribution is 2.29. The summed E-state index contributed by atoms with van der Waals surface area (Å²) < 4.78 is 5.07. The van der Waals surface area contributed by atoms with Gasteiger partial charge in [0, 0.05) is 25.7 Å². The van der Waals surface area contributed by atoms with Crippen LogP contribution >= 0.6 is 0 Å². The van der Waals surface area contributed by atoms with Crippen molar-refractivity contribution in [3.63, 3.8) is 0 Å². The first-order chi connectivity index (χ1) is 7.56. The Balaban J connectivity index is 1.77. The van der Waals surface area contributed by atoms with Crippen LogP contribution in [0, 0.1) is 24.7 Å². The molecule has 2 rings (SSSR count). The number of rotatable bonds is 4. The molecule has 1 aromatic rings. The van der Waals surface area contributed by atoms with Gasteiger partial charge in [0.15, 0.2) is 0 Å². The van der Waals surface area contributed by atoms with E-state index >= 15 is 0 Å². The summed E-state index contributed by atoms with van der Waals surface area (Å²) in [6, 6.07) is 2.03. The third kappa shape index (κ3) is 2.46. The third-order valence-corrected chi connectivity index (χ3v) is 3.84. The van der Waals surface area contributed by atoms with Gasteiger partial charge < -0.3 is 4.52 Å². The van der Waals surface area contributed by atoms with Crippen LogP contribution in [0.5, 0.6) is 0 Å². The first-order valence-corrected chi connectivity index (χ1v) is 6.21. The number of hydrogen-bond donors (Lipinski definition) is 0. The van der Waals surface area contributed by atoms with Crippen LogP contribution in [0.25, 0.3) is 0 Å². The maximum atomic E-state index is 5.07. The molecule has 1 unspecified atom stereocenters. The number of likely N-dealkylation sites (tertiary alicyclic amines) is 1. The van der Waals surface area contributed by atoms with Gasteiger partial charge in [0.25, 0.3) is 0 Å². The van der Waals surface area contributed by atoms with Gasteiger partial charge in [-0.15, -0.1) is 0 Å². The Morgan fingerprint density at radius 3 is 2.62 bits per heavy atom. The summed E-state index contributed by atoms with van der Waals surface area (Å²) >= 11 is 0. The lowest BCUT2D eigenvalue weighted by Gasteiger charge is -2.43. The number of hydrogen-bond acceptors (Lipinski definition) is 3. The fourth-order valence-electron chi connectivity index (χ4n) is 2.34. The molecule has 1 aliphatic heterocycles. The molecule has 0 aromatic carbocycles. The number of nitrogens with zero attached hydrogens (tertiary/aromatic N) is 2. The van der Waals surface area contributed by atoms with Gasteiger partial charge in [-0.1, -0.05) is 25.9 Å². The van der Waals surface area contributed by atoms with Gasteiger partial charge in [0.05, 0.1) is 5.69 Å². The van der Waals surface area contributed by atoms with Gasteiger partial charge in [-0.2, -0.15) is 0 Å². The van der Waals surface area contributed by atoms with Crippen LogP contribution in [-0.2, 0) is 6.54 Å². The summed E-state index contributed by atoms with van der Waals surface area (Å²) in [5.41, 5.74) is 1.06. The second-order valence-electron chi connectivity index (χ2n) is 5.49. The largest absolute Gasteiger partial charge is 0.361 e. The molecule has 3 nitrogen and oxygen atoms in total. The Morgan fingerprint density at radius 2 is 2.12 bits per heavy atom. The van der Waals surface area contributed by atoms with E-state index < -0.39 is 0 Å². The lowest BCUT2D eigenvalue weighted by Crippen LogP contribution is -2.49. The van der Waals surface area contributed by atoms with E-state index in [0.717, 1.165) is 35.8 Å². The fraction of sp³-hybridized carbons (Fsp3) is 0.769. The van der Waals surface area contributed by atoms with Crippen LogP contribution in [0.3, 0.4) is 0 Å². The molecule has 0 spiro atoms. The Kier molecular flexibility index (Phi) is 3.33. The van der Waals surface area contributed by atoms with Crippen LogP contribution in [0.4, 0.5) is 0 Å². The lowest BCUT2D eigenvalue weighted by atomic mass is 9.80. The Morgan fingerprint density at radius 1 is 1.44 bits per heavy atom. The third-order valence-electron chi connectivity index (χ3n) is 3.84. The maximum absolute atomic E-state index is 5.07. The van der Waals surface area contributed by atoms with E-state index in [9.17, 15) is 0 Å². The minimum absolute atomic E-state index is 0.793. The van der Waals surface area contributed by atoms with Crippen molar-refractivity contribution in [1.29, 1.82) is 0 Å². The summed E-state index contributed by atoms with van der Waals surface area (Å²) in [6.07, 6.45) is 0. The number of aryl methyl sites for hydroxylation is 1. The topological polar surface area (TPSA) is 29.3 Å². The normalized spacial score (nSPS) is 20.1. The predicted octanol–water partition coefficient (Wildman–Crippen LogP) is 2.71. The monoisotopic (exact) mass is 222 g/mol. The van der Waals surface area contributed by atoms with E-state index in [0.29, 0.717) is 0 Å². The molecule has 16 heavy (non-hydrogen) atoms. The molecule has 0 aliphatic carbocycles. The molecule has 1 aromatic heterocycles. The summed E-state index contributed by atoms with van der Waals surface area (Å²) in [4.78, 5) is 2.45. The summed E-state index contributed by atoms with van der Waals surface area (Å²) in [6.45, 7) is 12.3. The first kappa shape index (κ1) is 11.6. The quantitative estimate of drug-likeness (QED) is 0.784. The highest BCUT2D eigenvalue weighted by Gasteiger charge is 2.32. The van der Waals surface area contributed by atoms with Crippen LogP contribution in [0.2, 0.25) is 0 Å². The van der Waals surface area contributed by atoms with Gasteiger partial charge in [-0.05, 0) is 24.7 Å². The van der Waals surface area contributed by atoms with Crippen molar-refractivity contribution in [2.45, 2.75) is 34.2 Å². The molecule has 1 atom stereocenters.